The molecule has 106 valence electrons. The molecular formula is C16H27N3. The van der Waals surface area contributed by atoms with Gasteiger partial charge in [-0.05, 0) is 24.1 Å². The smallest absolute Gasteiger partial charge is 0.0364 e. The topological polar surface area (TPSA) is 18.5 Å². The number of nitrogens with one attached hydrogen (secondary N) is 1. The second kappa shape index (κ2) is 7.51. The van der Waals surface area contributed by atoms with Gasteiger partial charge >= 0.3 is 0 Å². The van der Waals surface area contributed by atoms with Crippen molar-refractivity contribution < 1.29 is 0 Å². The third kappa shape index (κ3) is 4.51. The lowest BCUT2D eigenvalue weighted by Crippen LogP contribution is -2.46. The number of aryl methyl sites for hydroxylation is 1. The van der Waals surface area contributed by atoms with Crippen LogP contribution in [0.3, 0.4) is 0 Å². The highest BCUT2D eigenvalue weighted by molar-refractivity contribution is 5.46. The Labute approximate surface area is 117 Å². The van der Waals surface area contributed by atoms with Crippen molar-refractivity contribution in [3.8, 4) is 0 Å². The van der Waals surface area contributed by atoms with Gasteiger partial charge in [0.05, 0.1) is 0 Å². The highest BCUT2D eigenvalue weighted by Crippen LogP contribution is 2.14. The molecule has 1 saturated heterocycles. The van der Waals surface area contributed by atoms with E-state index in [2.05, 4.69) is 53.4 Å². The molecule has 19 heavy (non-hydrogen) atoms. The molecule has 1 heterocycles. The molecule has 1 aliphatic rings. The average molecular weight is 261 g/mol. The molecule has 1 aliphatic heterocycles. The van der Waals surface area contributed by atoms with Gasteiger partial charge in [-0.1, -0.05) is 25.5 Å². The van der Waals surface area contributed by atoms with E-state index in [1.165, 1.54) is 37.2 Å². The molecule has 2 rings (SSSR count). The molecule has 0 radical (unpaired) electrons. The van der Waals surface area contributed by atoms with Gasteiger partial charge in [0.25, 0.3) is 0 Å². The highest BCUT2D eigenvalue weighted by atomic mass is 15.2. The van der Waals surface area contributed by atoms with Gasteiger partial charge < -0.3 is 10.2 Å². The lowest BCUT2D eigenvalue weighted by Gasteiger charge is -2.29. The number of rotatable bonds is 6. The molecule has 1 aromatic rings. The fraction of sp³-hybridized carbons (Fsp3) is 0.625. The van der Waals surface area contributed by atoms with E-state index < -0.39 is 0 Å². The highest BCUT2D eigenvalue weighted by Gasteiger charge is 2.10. The Balaban J connectivity index is 1.79. The standard InChI is InChI=1S/C16H27N3/c1-3-4-15-5-7-16(8-6-15)18(2)13-14-19-11-9-17-10-12-19/h5-8,17H,3-4,9-14H2,1-2H3. The third-order valence-electron chi connectivity index (χ3n) is 3.88. The Morgan fingerprint density at radius 1 is 1.16 bits per heavy atom. The van der Waals surface area contributed by atoms with Gasteiger partial charge in [0.15, 0.2) is 0 Å². The monoisotopic (exact) mass is 261 g/mol. The molecule has 1 N–H and O–H groups in total. The predicted molar refractivity (Wildman–Crippen MR) is 83.0 cm³/mol. The lowest BCUT2D eigenvalue weighted by molar-refractivity contribution is 0.246. The molecule has 0 spiro atoms. The van der Waals surface area contributed by atoms with Gasteiger partial charge in [-0.3, -0.25) is 4.90 Å². The van der Waals surface area contributed by atoms with E-state index >= 15 is 0 Å². The maximum absolute atomic E-state index is 3.40. The van der Waals surface area contributed by atoms with Crippen LogP contribution in [0.15, 0.2) is 24.3 Å². The predicted octanol–water partition coefficient (Wildman–Crippen LogP) is 1.98. The first-order valence-electron chi connectivity index (χ1n) is 7.52. The lowest BCUT2D eigenvalue weighted by atomic mass is 10.1. The van der Waals surface area contributed by atoms with Crippen molar-refractivity contribution in [2.24, 2.45) is 0 Å². The van der Waals surface area contributed by atoms with E-state index in [9.17, 15) is 0 Å². The van der Waals surface area contributed by atoms with Gasteiger partial charge in [0.2, 0.25) is 0 Å². The van der Waals surface area contributed by atoms with Crippen molar-refractivity contribution in [1.82, 2.24) is 10.2 Å². The Kier molecular flexibility index (Phi) is 5.67. The summed E-state index contributed by atoms with van der Waals surface area (Å²) in [5.74, 6) is 0. The van der Waals surface area contributed by atoms with Crippen molar-refractivity contribution in [3.63, 3.8) is 0 Å². The Morgan fingerprint density at radius 2 is 1.84 bits per heavy atom. The molecule has 0 unspecified atom stereocenters. The molecule has 1 fully saturated rings. The molecule has 0 saturated carbocycles. The quantitative estimate of drug-likeness (QED) is 0.845. The summed E-state index contributed by atoms with van der Waals surface area (Å²) in [7, 11) is 2.19. The zero-order chi connectivity index (χ0) is 13.5. The summed E-state index contributed by atoms with van der Waals surface area (Å²) in [5, 5.41) is 3.40. The summed E-state index contributed by atoms with van der Waals surface area (Å²) in [6, 6.07) is 9.03. The minimum absolute atomic E-state index is 1.10. The molecule has 0 aromatic heterocycles. The zero-order valence-electron chi connectivity index (χ0n) is 12.4. The molecule has 0 atom stereocenters. The van der Waals surface area contributed by atoms with Crippen molar-refractivity contribution in [3.05, 3.63) is 29.8 Å². The van der Waals surface area contributed by atoms with Crippen molar-refractivity contribution in [2.75, 3.05) is 51.2 Å². The molecule has 0 bridgehead atoms. The van der Waals surface area contributed by atoms with Crippen LogP contribution in [0, 0.1) is 0 Å². The average Bonchev–Trinajstić information content (AvgIpc) is 2.47. The van der Waals surface area contributed by atoms with Crippen LogP contribution in [0.1, 0.15) is 18.9 Å². The summed E-state index contributed by atoms with van der Waals surface area (Å²) in [5.41, 5.74) is 2.77. The van der Waals surface area contributed by atoms with Crippen LogP contribution in [0.4, 0.5) is 5.69 Å². The normalized spacial score (nSPS) is 16.5. The molecular weight excluding hydrogens is 234 g/mol. The van der Waals surface area contributed by atoms with E-state index in [0.717, 1.165) is 26.2 Å². The van der Waals surface area contributed by atoms with Crippen LogP contribution < -0.4 is 10.2 Å². The second-order valence-electron chi connectivity index (χ2n) is 5.43. The van der Waals surface area contributed by atoms with Crippen LogP contribution in [0.5, 0.6) is 0 Å². The summed E-state index contributed by atoms with van der Waals surface area (Å²) < 4.78 is 0. The van der Waals surface area contributed by atoms with E-state index in [-0.39, 0.29) is 0 Å². The van der Waals surface area contributed by atoms with Gasteiger partial charge in [-0.25, -0.2) is 0 Å². The van der Waals surface area contributed by atoms with Crippen LogP contribution in [0.2, 0.25) is 0 Å². The van der Waals surface area contributed by atoms with Crippen LogP contribution in [-0.2, 0) is 6.42 Å². The van der Waals surface area contributed by atoms with E-state index in [1.807, 2.05) is 0 Å². The number of piperazine rings is 1. The van der Waals surface area contributed by atoms with Crippen LogP contribution >= 0.6 is 0 Å². The number of nitrogens with zero attached hydrogens (tertiary/aromatic N) is 2. The van der Waals surface area contributed by atoms with Crippen molar-refractivity contribution in [2.45, 2.75) is 19.8 Å². The summed E-state index contributed by atoms with van der Waals surface area (Å²) in [6.45, 7) is 9.13. The zero-order valence-corrected chi connectivity index (χ0v) is 12.4. The fourth-order valence-corrected chi connectivity index (χ4v) is 2.56. The minimum atomic E-state index is 1.10. The number of anilines is 1. The Hall–Kier alpha value is -1.06. The number of hydrogen-bond donors (Lipinski definition) is 1. The number of benzene rings is 1. The minimum Gasteiger partial charge on any atom is -0.373 e. The molecule has 0 aliphatic carbocycles. The van der Waals surface area contributed by atoms with Crippen molar-refractivity contribution >= 4 is 5.69 Å². The van der Waals surface area contributed by atoms with E-state index in [0.29, 0.717) is 0 Å². The summed E-state index contributed by atoms with van der Waals surface area (Å²) >= 11 is 0. The number of hydrogen-bond acceptors (Lipinski definition) is 3. The van der Waals surface area contributed by atoms with Gasteiger partial charge in [-0.15, -0.1) is 0 Å². The Bertz CT molecular complexity index is 355. The second-order valence-corrected chi connectivity index (χ2v) is 5.43. The van der Waals surface area contributed by atoms with Crippen molar-refractivity contribution in [1.29, 1.82) is 0 Å². The summed E-state index contributed by atoms with van der Waals surface area (Å²) in [4.78, 5) is 4.90. The largest absolute Gasteiger partial charge is 0.373 e. The van der Waals surface area contributed by atoms with Gasteiger partial charge in [-0.2, -0.15) is 0 Å². The van der Waals surface area contributed by atoms with Crippen LogP contribution in [0.25, 0.3) is 0 Å². The fourth-order valence-electron chi connectivity index (χ4n) is 2.56. The maximum Gasteiger partial charge on any atom is 0.0364 e. The molecule has 3 nitrogen and oxygen atoms in total. The first-order chi connectivity index (χ1) is 9.29. The SMILES string of the molecule is CCCc1ccc(N(C)CCN2CCNCC2)cc1. The maximum atomic E-state index is 3.40. The third-order valence-corrected chi connectivity index (χ3v) is 3.88. The first kappa shape index (κ1) is 14.4. The van der Waals surface area contributed by atoms with Gasteiger partial charge in [0, 0.05) is 52.0 Å². The van der Waals surface area contributed by atoms with E-state index in [4.69, 9.17) is 0 Å². The molecule has 0 amide bonds. The summed E-state index contributed by atoms with van der Waals surface area (Å²) in [6.07, 6.45) is 2.41. The number of likely N-dealkylation sites (N-methyl/N-ethyl adjacent to an activating group) is 1. The van der Waals surface area contributed by atoms with Crippen LogP contribution in [-0.4, -0.2) is 51.2 Å². The Morgan fingerprint density at radius 3 is 2.47 bits per heavy atom. The van der Waals surface area contributed by atoms with E-state index in [1.54, 1.807) is 0 Å². The molecule has 1 aromatic carbocycles. The van der Waals surface area contributed by atoms with Gasteiger partial charge in [0.1, 0.15) is 0 Å². The first-order valence-corrected chi connectivity index (χ1v) is 7.52. The molecule has 3 heteroatoms.